The van der Waals surface area contributed by atoms with Crippen LogP contribution in [0.5, 0.6) is 11.5 Å². The topological polar surface area (TPSA) is 112 Å². The minimum atomic E-state index is -1.61. The molecule has 0 spiro atoms. The van der Waals surface area contributed by atoms with Gasteiger partial charge in [0.2, 0.25) is 0 Å². The minimum absolute atomic E-state index is 0.00381. The summed E-state index contributed by atoms with van der Waals surface area (Å²) in [6, 6.07) is 3.63. The molecule has 0 heterocycles. The Morgan fingerprint density at radius 1 is 0.867 bits per heavy atom. The minimum Gasteiger partial charge on any atom is -0.506 e. The van der Waals surface area contributed by atoms with E-state index in [-0.39, 0.29) is 42.1 Å². The molecular formula is C39H54O6. The van der Waals surface area contributed by atoms with E-state index in [9.17, 15) is 29.7 Å². The number of phenols is 2. The summed E-state index contributed by atoms with van der Waals surface area (Å²) in [5, 5.41) is 31.6. The number of hydrogen-bond donors (Lipinski definition) is 3. The average molecular weight is 619 g/mol. The zero-order chi connectivity index (χ0) is 34.4. The molecule has 1 aliphatic carbocycles. The average Bonchev–Trinajstić information content (AvgIpc) is 2.91. The number of aliphatic hydroxyl groups excluding tert-OH is 1. The van der Waals surface area contributed by atoms with Crippen molar-refractivity contribution in [3.63, 3.8) is 0 Å². The SMILES string of the molecule is C=C(C)[C@@H](CC=C(C)C)C[C@@]1(CC(CC=C(C)C)C(C)(C)C)C(=O)C(=C(O)c2ccc(O)c(O)c2)C(=O)C(CC=C(C)C)C1=O. The van der Waals surface area contributed by atoms with Crippen molar-refractivity contribution in [3.05, 3.63) is 76.4 Å². The number of hydrogen-bond acceptors (Lipinski definition) is 6. The third-order valence-electron chi connectivity index (χ3n) is 8.99. The molecule has 246 valence electrons. The first-order valence-corrected chi connectivity index (χ1v) is 15.9. The number of carbonyl (C=O) groups is 3. The van der Waals surface area contributed by atoms with Crippen LogP contribution in [0.1, 0.15) is 107 Å². The summed E-state index contributed by atoms with van der Waals surface area (Å²) in [5.74, 6) is -4.83. The van der Waals surface area contributed by atoms with Gasteiger partial charge in [-0.2, -0.15) is 0 Å². The highest BCUT2D eigenvalue weighted by Gasteiger charge is 2.59. The van der Waals surface area contributed by atoms with E-state index in [1.807, 2.05) is 54.5 Å². The summed E-state index contributed by atoms with van der Waals surface area (Å²) < 4.78 is 0. The van der Waals surface area contributed by atoms with Crippen molar-refractivity contribution < 1.29 is 29.7 Å². The predicted octanol–water partition coefficient (Wildman–Crippen LogP) is 9.39. The van der Waals surface area contributed by atoms with E-state index in [0.29, 0.717) is 12.8 Å². The Hall–Kier alpha value is -3.67. The molecule has 0 bridgehead atoms. The van der Waals surface area contributed by atoms with Crippen LogP contribution in [0.15, 0.2) is 70.9 Å². The second-order valence-corrected chi connectivity index (χ2v) is 14.7. The van der Waals surface area contributed by atoms with Crippen molar-refractivity contribution >= 4 is 23.1 Å². The standard InChI is InChI=1S/C39H54O6/c1-23(2)12-15-28(26(7)8)21-39(22-29(38(9,10)11)17-13-24(3)4)36(44)30(18-14-25(5)6)35(43)33(37(39)45)34(42)27-16-19-31(40)32(41)20-27/h12-14,16,19-20,28-30,40-42H,7,15,17-18,21-22H2,1-6,8-11H3/t28-,29?,30?,39-/m0/s1. The van der Waals surface area contributed by atoms with E-state index < -0.39 is 51.5 Å². The molecule has 6 nitrogen and oxygen atoms in total. The lowest BCUT2D eigenvalue weighted by atomic mass is 9.55. The number of aromatic hydroxyl groups is 2. The zero-order valence-corrected chi connectivity index (χ0v) is 29.0. The molecule has 4 atom stereocenters. The highest BCUT2D eigenvalue weighted by molar-refractivity contribution is 6.39. The van der Waals surface area contributed by atoms with E-state index >= 15 is 0 Å². The van der Waals surface area contributed by atoms with Crippen molar-refractivity contribution in [3.8, 4) is 11.5 Å². The van der Waals surface area contributed by atoms with Gasteiger partial charge >= 0.3 is 0 Å². The number of carbonyl (C=O) groups excluding carboxylic acids is 3. The molecule has 6 heteroatoms. The summed E-state index contributed by atoms with van der Waals surface area (Å²) in [6.45, 7) is 24.2. The summed E-state index contributed by atoms with van der Waals surface area (Å²) in [4.78, 5) is 43.9. The van der Waals surface area contributed by atoms with Crippen molar-refractivity contribution in [2.45, 2.75) is 101 Å². The fourth-order valence-electron chi connectivity index (χ4n) is 5.97. The monoisotopic (exact) mass is 618 g/mol. The first-order valence-electron chi connectivity index (χ1n) is 15.9. The maximum absolute atomic E-state index is 15.0. The van der Waals surface area contributed by atoms with Crippen LogP contribution in [0.3, 0.4) is 0 Å². The van der Waals surface area contributed by atoms with E-state index in [2.05, 4.69) is 39.5 Å². The number of aliphatic hydroxyl groups is 1. The normalized spacial score (nSPS) is 21.1. The Morgan fingerprint density at radius 2 is 1.42 bits per heavy atom. The second kappa shape index (κ2) is 15.1. The van der Waals surface area contributed by atoms with Gasteiger partial charge in [-0.05, 0) is 116 Å². The molecule has 0 radical (unpaired) electrons. The van der Waals surface area contributed by atoms with Gasteiger partial charge in [-0.1, -0.05) is 67.9 Å². The lowest BCUT2D eigenvalue weighted by Crippen LogP contribution is -2.54. The maximum Gasteiger partial charge on any atom is 0.183 e. The third-order valence-corrected chi connectivity index (χ3v) is 8.99. The Kier molecular flexibility index (Phi) is 12.6. The van der Waals surface area contributed by atoms with Crippen LogP contribution >= 0.6 is 0 Å². The fraction of sp³-hybridized carbons (Fsp3) is 0.513. The molecular weight excluding hydrogens is 564 g/mol. The van der Waals surface area contributed by atoms with Gasteiger partial charge in [0.25, 0.3) is 0 Å². The Bertz CT molecular complexity index is 1430. The Balaban J connectivity index is 3.02. The quantitative estimate of drug-likeness (QED) is 0.0537. The van der Waals surface area contributed by atoms with Crippen LogP contribution in [0.4, 0.5) is 0 Å². The van der Waals surface area contributed by atoms with Crippen LogP contribution in [-0.2, 0) is 14.4 Å². The number of benzene rings is 1. The lowest BCUT2D eigenvalue weighted by Gasteiger charge is -2.44. The molecule has 3 N–H and O–H groups in total. The van der Waals surface area contributed by atoms with E-state index in [4.69, 9.17) is 0 Å². The fourth-order valence-corrected chi connectivity index (χ4v) is 5.97. The van der Waals surface area contributed by atoms with E-state index in [0.717, 1.165) is 28.4 Å². The first-order chi connectivity index (χ1) is 20.7. The third kappa shape index (κ3) is 9.18. The van der Waals surface area contributed by atoms with Gasteiger partial charge in [0.1, 0.15) is 11.3 Å². The second-order valence-electron chi connectivity index (χ2n) is 14.7. The van der Waals surface area contributed by atoms with Gasteiger partial charge in [-0.3, -0.25) is 14.4 Å². The molecule has 0 aliphatic heterocycles. The van der Waals surface area contributed by atoms with Crippen LogP contribution in [0.2, 0.25) is 0 Å². The van der Waals surface area contributed by atoms with Gasteiger partial charge in [0.15, 0.2) is 28.8 Å². The van der Waals surface area contributed by atoms with Gasteiger partial charge < -0.3 is 15.3 Å². The van der Waals surface area contributed by atoms with Gasteiger partial charge in [-0.25, -0.2) is 0 Å². The molecule has 0 aromatic heterocycles. The highest BCUT2D eigenvalue weighted by atomic mass is 16.3. The Labute approximate surface area is 270 Å². The molecule has 1 saturated carbocycles. The molecule has 0 saturated heterocycles. The zero-order valence-electron chi connectivity index (χ0n) is 29.0. The summed E-state index contributed by atoms with van der Waals surface area (Å²) in [7, 11) is 0. The number of phenolic OH excluding ortho intramolecular Hbond substituents is 2. The van der Waals surface area contributed by atoms with E-state index in [1.54, 1.807) is 0 Å². The molecule has 2 rings (SSSR count). The molecule has 1 fully saturated rings. The van der Waals surface area contributed by atoms with Gasteiger partial charge in [0, 0.05) is 5.56 Å². The smallest absolute Gasteiger partial charge is 0.183 e. The number of allylic oxidation sites excluding steroid dienone is 8. The summed E-state index contributed by atoms with van der Waals surface area (Å²) in [6.07, 6.45) is 7.71. The largest absolute Gasteiger partial charge is 0.506 e. The predicted molar refractivity (Wildman–Crippen MR) is 183 cm³/mol. The first kappa shape index (κ1) is 37.5. The van der Waals surface area contributed by atoms with E-state index in [1.165, 1.54) is 12.1 Å². The molecule has 45 heavy (non-hydrogen) atoms. The molecule has 1 aromatic carbocycles. The van der Waals surface area contributed by atoms with Crippen LogP contribution in [-0.4, -0.2) is 32.7 Å². The lowest BCUT2D eigenvalue weighted by molar-refractivity contribution is -0.151. The highest BCUT2D eigenvalue weighted by Crippen LogP contribution is 2.51. The van der Waals surface area contributed by atoms with Crippen molar-refractivity contribution in [2.75, 3.05) is 0 Å². The van der Waals surface area contributed by atoms with Crippen LogP contribution in [0.25, 0.3) is 5.76 Å². The van der Waals surface area contributed by atoms with Crippen molar-refractivity contribution in [2.24, 2.45) is 28.6 Å². The number of ketones is 3. The van der Waals surface area contributed by atoms with Crippen LogP contribution < -0.4 is 0 Å². The van der Waals surface area contributed by atoms with Crippen molar-refractivity contribution in [1.82, 2.24) is 0 Å². The molecule has 1 aromatic rings. The van der Waals surface area contributed by atoms with Crippen molar-refractivity contribution in [1.29, 1.82) is 0 Å². The molecule has 1 aliphatic rings. The summed E-state index contributed by atoms with van der Waals surface area (Å²) >= 11 is 0. The maximum atomic E-state index is 15.0. The van der Waals surface area contributed by atoms with Crippen LogP contribution in [0, 0.1) is 28.6 Å². The summed E-state index contributed by atoms with van der Waals surface area (Å²) in [5.41, 5.74) is 1.68. The Morgan fingerprint density at radius 3 is 1.91 bits per heavy atom. The van der Waals surface area contributed by atoms with Gasteiger partial charge in [0.05, 0.1) is 11.3 Å². The number of Topliss-reactive ketones (excluding diaryl/α,β-unsaturated/α-hetero) is 3. The van der Waals surface area contributed by atoms with Gasteiger partial charge in [-0.15, -0.1) is 0 Å². The number of rotatable bonds is 12. The molecule has 0 amide bonds. The molecule has 2 unspecified atom stereocenters.